The van der Waals surface area contributed by atoms with E-state index in [9.17, 15) is 0 Å². The van der Waals surface area contributed by atoms with Crippen LogP contribution in [0.4, 0.5) is 0 Å². The molecule has 0 amide bonds. The number of benzene rings is 2. The molecule has 0 saturated heterocycles. The molecule has 2 aromatic carbocycles. The van der Waals surface area contributed by atoms with Crippen LogP contribution < -0.4 is 0 Å². The fourth-order valence-electron chi connectivity index (χ4n) is 7.19. The summed E-state index contributed by atoms with van der Waals surface area (Å²) in [6, 6.07) is 14.4. The summed E-state index contributed by atoms with van der Waals surface area (Å²) < 4.78 is 6.79. The predicted octanol–water partition coefficient (Wildman–Crippen LogP) is 10.00. The van der Waals surface area contributed by atoms with Crippen molar-refractivity contribution in [2.45, 2.75) is 83.7 Å². The van der Waals surface area contributed by atoms with Crippen LogP contribution in [0.25, 0.3) is 12.2 Å². The van der Waals surface area contributed by atoms with Gasteiger partial charge in [-0.05, 0) is 0 Å². The maximum Gasteiger partial charge on any atom is -0.147 e. The third kappa shape index (κ3) is 5.11. The monoisotopic (exact) mass is 620 g/mol. The Bertz CT molecular complexity index is 1170. The summed E-state index contributed by atoms with van der Waals surface area (Å²) in [4.78, 5) is 0. The Morgan fingerprint density at radius 1 is 0.583 bits per heavy atom. The number of fused-ring (bicyclic) bond motifs is 2. The Balaban J connectivity index is 0.00000228. The molecular formula is C32H48Cl2SiZr. The molecule has 0 aromatic heterocycles. The first kappa shape index (κ1) is 31.8. The molecule has 0 radical (unpaired) electrons. The molecule has 4 rings (SSSR count). The maximum absolute atomic E-state index is 3.50. The minimum Gasteiger partial charge on any atom is -0.147 e. The molecule has 2 aliphatic rings. The zero-order chi connectivity index (χ0) is 25.2. The fraction of sp³-hybridized carbons (Fsp3) is 0.500. The van der Waals surface area contributed by atoms with Gasteiger partial charge in [0.2, 0.25) is 0 Å². The van der Waals surface area contributed by atoms with Crippen LogP contribution in [0.15, 0.2) is 47.5 Å². The predicted molar refractivity (Wildman–Crippen MR) is 167 cm³/mol. The smallest absolute Gasteiger partial charge is 0.147 e. The van der Waals surface area contributed by atoms with Gasteiger partial charge in [-0.15, -0.1) is 24.8 Å². The van der Waals surface area contributed by atoms with Crippen LogP contribution in [0.5, 0.6) is 0 Å². The third-order valence-electron chi connectivity index (χ3n) is 8.73. The van der Waals surface area contributed by atoms with Crippen LogP contribution in [-0.2, 0) is 17.4 Å². The summed E-state index contributed by atoms with van der Waals surface area (Å²) in [5.74, 6) is 2.26. The molecular weight excluding hydrogens is 575 g/mol. The molecule has 2 unspecified atom stereocenters. The summed E-state index contributed by atoms with van der Waals surface area (Å²) in [6.45, 7) is 21.6. The molecule has 2 aromatic rings. The minimum atomic E-state index is -3.50. The summed E-state index contributed by atoms with van der Waals surface area (Å²) in [7, 11) is 0. The standard InChI is InChI=1S/2C15H19.2CH3.2ClH.H2Si.Zr/c2*1-10(2)13-8-12-6-5-7-14(11(3)4)15(12)9-13;;;;;;/h2*5-11H,1-4H3;2*1H3;2*1H;1H2;. The van der Waals surface area contributed by atoms with Gasteiger partial charge in [-0.2, -0.15) is 0 Å². The molecule has 0 heterocycles. The van der Waals surface area contributed by atoms with Gasteiger partial charge in [0.05, 0.1) is 0 Å². The molecule has 2 aliphatic carbocycles. The molecule has 0 nitrogen and oxygen atoms in total. The Morgan fingerprint density at radius 2 is 0.917 bits per heavy atom. The summed E-state index contributed by atoms with van der Waals surface area (Å²) in [5, 5.41) is 0. The summed E-state index contributed by atoms with van der Waals surface area (Å²) in [5.41, 5.74) is 12.8. The Kier molecular flexibility index (Phi) is 9.72. The van der Waals surface area contributed by atoms with E-state index in [1.165, 1.54) is 11.1 Å². The molecule has 0 aliphatic heterocycles. The van der Waals surface area contributed by atoms with Crippen LogP contribution in [0.1, 0.15) is 108 Å². The first-order valence-electron chi connectivity index (χ1n) is 13.5. The normalized spacial score (nSPS) is 19.2. The molecule has 0 spiro atoms. The fourth-order valence-corrected chi connectivity index (χ4v) is 27.1. The van der Waals surface area contributed by atoms with Crippen LogP contribution in [0.2, 0.25) is 9.26 Å². The zero-order valence-electron chi connectivity index (χ0n) is 24.1. The summed E-state index contributed by atoms with van der Waals surface area (Å²) >= 11 is -3.50. The average Bonchev–Trinajstić information content (AvgIpc) is 3.33. The number of halogens is 2. The van der Waals surface area contributed by atoms with Crippen LogP contribution in [0, 0.1) is 11.8 Å². The number of allylic oxidation sites excluding steroid dienone is 2. The molecule has 0 bridgehead atoms. The van der Waals surface area contributed by atoms with Crippen LogP contribution in [-0.4, -0.2) is 6.88 Å². The van der Waals surface area contributed by atoms with Crippen molar-refractivity contribution in [3.05, 3.63) is 80.9 Å². The van der Waals surface area contributed by atoms with Crippen molar-refractivity contribution in [2.75, 3.05) is 0 Å². The Labute approximate surface area is 236 Å². The van der Waals surface area contributed by atoms with Gasteiger partial charge in [-0.25, -0.2) is 0 Å². The SMILES string of the molecule is CC(C)C1=Cc2c(C(C)C)cccc2[CH]1[Zr]([CH3])([CH3])(=[SiH2])[CH]1C(C(C)C)=Cc2c(C(C)C)cccc21.Cl.Cl. The van der Waals surface area contributed by atoms with Crippen molar-refractivity contribution in [3.63, 3.8) is 0 Å². The van der Waals surface area contributed by atoms with E-state index >= 15 is 0 Å². The van der Waals surface area contributed by atoms with Gasteiger partial charge in [0.1, 0.15) is 0 Å². The van der Waals surface area contributed by atoms with Gasteiger partial charge in [0.25, 0.3) is 0 Å². The average molecular weight is 623 g/mol. The van der Waals surface area contributed by atoms with E-state index in [0.717, 1.165) is 0 Å². The first-order valence-corrected chi connectivity index (χ1v) is 27.2. The van der Waals surface area contributed by atoms with E-state index in [1.54, 1.807) is 33.4 Å². The van der Waals surface area contributed by atoms with E-state index in [2.05, 4.69) is 120 Å². The molecule has 0 fully saturated rings. The van der Waals surface area contributed by atoms with Crippen molar-refractivity contribution in [1.82, 2.24) is 0 Å². The quantitative estimate of drug-likeness (QED) is 0.281. The molecule has 2 atom stereocenters. The molecule has 4 heteroatoms. The minimum absolute atomic E-state index is 0. The molecule has 36 heavy (non-hydrogen) atoms. The Hall–Kier alpha value is -0.400. The van der Waals surface area contributed by atoms with Crippen molar-refractivity contribution >= 4 is 43.8 Å². The van der Waals surface area contributed by atoms with E-state index in [-0.39, 0.29) is 24.8 Å². The molecule has 0 saturated carbocycles. The van der Waals surface area contributed by atoms with E-state index < -0.39 is 17.4 Å². The topological polar surface area (TPSA) is 0 Å². The zero-order valence-corrected chi connectivity index (χ0v) is 29.6. The number of hydrogen-bond donors (Lipinski definition) is 0. The van der Waals surface area contributed by atoms with E-state index in [0.29, 0.717) is 30.9 Å². The van der Waals surface area contributed by atoms with Crippen molar-refractivity contribution in [2.24, 2.45) is 11.8 Å². The largest absolute Gasteiger partial charge is 0.147 e. The van der Waals surface area contributed by atoms with Crippen LogP contribution >= 0.6 is 24.8 Å². The second-order valence-electron chi connectivity index (χ2n) is 13.4. The van der Waals surface area contributed by atoms with Gasteiger partial charge in [-0.3, -0.25) is 0 Å². The number of hydrogen-bond acceptors (Lipinski definition) is 0. The molecule has 198 valence electrons. The van der Waals surface area contributed by atoms with Gasteiger partial charge >= 0.3 is 213 Å². The maximum atomic E-state index is 2.79. The van der Waals surface area contributed by atoms with Gasteiger partial charge in [-0.1, -0.05) is 0 Å². The second-order valence-corrected chi connectivity index (χ2v) is 43.9. The van der Waals surface area contributed by atoms with Crippen LogP contribution in [0.3, 0.4) is 0 Å². The Morgan fingerprint density at radius 3 is 1.19 bits per heavy atom. The van der Waals surface area contributed by atoms with E-state index in [4.69, 9.17) is 0 Å². The second kappa shape index (κ2) is 11.0. The van der Waals surface area contributed by atoms with Crippen molar-refractivity contribution in [1.29, 1.82) is 0 Å². The van der Waals surface area contributed by atoms with Gasteiger partial charge < -0.3 is 0 Å². The van der Waals surface area contributed by atoms with Crippen molar-refractivity contribution < 1.29 is 17.4 Å². The van der Waals surface area contributed by atoms with Gasteiger partial charge in [0, 0.05) is 0 Å². The first-order chi connectivity index (χ1) is 15.7. The summed E-state index contributed by atoms with van der Waals surface area (Å²) in [6.07, 6.45) is 5.24. The van der Waals surface area contributed by atoms with Gasteiger partial charge in [0.15, 0.2) is 0 Å². The number of rotatable bonds is 6. The molecule has 0 N–H and O–H groups in total. The van der Waals surface area contributed by atoms with Crippen molar-refractivity contribution in [3.8, 4) is 0 Å². The van der Waals surface area contributed by atoms with E-state index in [1.807, 2.05) is 0 Å². The third-order valence-corrected chi connectivity index (χ3v) is 26.1.